The first-order valence-electron chi connectivity index (χ1n) is 5.85. The van der Waals surface area contributed by atoms with Gasteiger partial charge in [0.25, 0.3) is 0 Å². The second kappa shape index (κ2) is 6.44. The maximum Gasteiger partial charge on any atom is 0.323 e. The van der Waals surface area contributed by atoms with Crippen LogP contribution in [0.15, 0.2) is 0 Å². The molecule has 1 atom stereocenters. The molecule has 0 bridgehead atoms. The second-order valence-corrected chi connectivity index (χ2v) is 4.17. The van der Waals surface area contributed by atoms with E-state index in [4.69, 9.17) is 10.00 Å². The lowest BCUT2D eigenvalue weighted by Gasteiger charge is -2.24. The first kappa shape index (κ1) is 12.0. The summed E-state index contributed by atoms with van der Waals surface area (Å²) in [5.41, 5.74) is 0. The van der Waals surface area contributed by atoms with E-state index in [9.17, 15) is 4.79 Å². The minimum absolute atomic E-state index is 0.230. The zero-order valence-corrected chi connectivity index (χ0v) is 9.37. The number of carbonyl (C=O) groups excluding carboxylic acids is 1. The minimum Gasteiger partial charge on any atom is -0.465 e. The molecule has 0 heterocycles. The van der Waals surface area contributed by atoms with Crippen LogP contribution in [0, 0.1) is 23.2 Å². The monoisotopic (exact) mass is 209 g/mol. The summed E-state index contributed by atoms with van der Waals surface area (Å²) in [7, 11) is 0. The van der Waals surface area contributed by atoms with Crippen LogP contribution in [0.5, 0.6) is 0 Å². The molecule has 0 aromatic heterocycles. The van der Waals surface area contributed by atoms with Crippen LogP contribution in [0.2, 0.25) is 0 Å². The molecule has 3 nitrogen and oxygen atoms in total. The van der Waals surface area contributed by atoms with Gasteiger partial charge in [0.2, 0.25) is 0 Å². The fraction of sp³-hybridized carbons (Fsp3) is 0.833. The van der Waals surface area contributed by atoms with Gasteiger partial charge in [-0.3, -0.25) is 4.79 Å². The van der Waals surface area contributed by atoms with E-state index in [0.717, 1.165) is 32.1 Å². The Morgan fingerprint density at radius 3 is 2.67 bits per heavy atom. The fourth-order valence-electron chi connectivity index (χ4n) is 2.11. The van der Waals surface area contributed by atoms with Crippen LogP contribution < -0.4 is 0 Å². The van der Waals surface area contributed by atoms with Gasteiger partial charge in [0.05, 0.1) is 12.7 Å². The maximum atomic E-state index is 11.6. The summed E-state index contributed by atoms with van der Waals surface area (Å²) >= 11 is 0. The van der Waals surface area contributed by atoms with Gasteiger partial charge in [-0.25, -0.2) is 0 Å². The second-order valence-electron chi connectivity index (χ2n) is 4.17. The molecule has 1 unspecified atom stereocenters. The molecule has 0 amide bonds. The van der Waals surface area contributed by atoms with Crippen molar-refractivity contribution in [1.29, 1.82) is 5.26 Å². The summed E-state index contributed by atoms with van der Waals surface area (Å²) in [6.07, 6.45) is 6.33. The largest absolute Gasteiger partial charge is 0.465 e. The average Bonchev–Trinajstić information content (AvgIpc) is 2.29. The molecular weight excluding hydrogens is 190 g/mol. The van der Waals surface area contributed by atoms with Crippen LogP contribution in [0.1, 0.15) is 45.4 Å². The van der Waals surface area contributed by atoms with E-state index < -0.39 is 5.92 Å². The van der Waals surface area contributed by atoms with Crippen molar-refractivity contribution >= 4 is 5.97 Å². The summed E-state index contributed by atoms with van der Waals surface area (Å²) in [6, 6.07) is 2.11. The van der Waals surface area contributed by atoms with E-state index in [1.807, 2.05) is 6.92 Å². The molecule has 1 aliphatic rings. The molecule has 0 aromatic carbocycles. The zero-order chi connectivity index (χ0) is 11.1. The van der Waals surface area contributed by atoms with Gasteiger partial charge >= 0.3 is 5.97 Å². The number of nitrogens with zero attached hydrogens (tertiary/aromatic N) is 1. The average molecular weight is 209 g/mol. The van der Waals surface area contributed by atoms with Crippen LogP contribution in [0.25, 0.3) is 0 Å². The Labute approximate surface area is 91.4 Å². The predicted octanol–water partition coefficient (Wildman–Crippen LogP) is 2.66. The maximum absolute atomic E-state index is 11.6. The van der Waals surface area contributed by atoms with Gasteiger partial charge < -0.3 is 4.74 Å². The summed E-state index contributed by atoms with van der Waals surface area (Å²) in [5, 5.41) is 9.00. The van der Waals surface area contributed by atoms with Gasteiger partial charge in [-0.15, -0.1) is 0 Å². The molecule has 1 saturated carbocycles. The Kier molecular flexibility index (Phi) is 5.17. The SMILES string of the molecule is CCCOC(=O)C(C#N)C1CCCCC1. The van der Waals surface area contributed by atoms with Gasteiger partial charge in [0.1, 0.15) is 5.92 Å². The highest BCUT2D eigenvalue weighted by Gasteiger charge is 2.30. The van der Waals surface area contributed by atoms with Gasteiger partial charge in [0.15, 0.2) is 0 Å². The summed E-state index contributed by atoms with van der Waals surface area (Å²) in [6.45, 7) is 2.39. The van der Waals surface area contributed by atoms with Crippen LogP contribution in [0.3, 0.4) is 0 Å². The Balaban J connectivity index is 2.46. The smallest absolute Gasteiger partial charge is 0.323 e. The van der Waals surface area contributed by atoms with Crippen LogP contribution >= 0.6 is 0 Å². The predicted molar refractivity (Wildman–Crippen MR) is 56.9 cm³/mol. The Hall–Kier alpha value is -1.04. The van der Waals surface area contributed by atoms with Crippen molar-refractivity contribution in [2.75, 3.05) is 6.61 Å². The van der Waals surface area contributed by atoms with Gasteiger partial charge in [-0.05, 0) is 25.2 Å². The van der Waals surface area contributed by atoms with Gasteiger partial charge in [-0.1, -0.05) is 26.2 Å². The van der Waals surface area contributed by atoms with Crippen molar-refractivity contribution in [3.63, 3.8) is 0 Å². The lowest BCUT2D eigenvalue weighted by molar-refractivity contribution is -0.148. The first-order valence-corrected chi connectivity index (χ1v) is 5.85. The Bertz CT molecular complexity index is 238. The summed E-state index contributed by atoms with van der Waals surface area (Å²) in [5.74, 6) is -0.615. The third-order valence-corrected chi connectivity index (χ3v) is 2.96. The lowest BCUT2D eigenvalue weighted by Crippen LogP contribution is -2.26. The quantitative estimate of drug-likeness (QED) is 0.669. The highest BCUT2D eigenvalue weighted by molar-refractivity contribution is 5.75. The normalized spacial score (nSPS) is 19.2. The number of hydrogen-bond acceptors (Lipinski definition) is 3. The molecule has 0 radical (unpaired) electrons. The number of hydrogen-bond donors (Lipinski definition) is 0. The van der Waals surface area contributed by atoms with Crippen molar-refractivity contribution in [1.82, 2.24) is 0 Å². The molecule has 84 valence electrons. The molecular formula is C12H19NO2. The van der Waals surface area contributed by atoms with E-state index in [2.05, 4.69) is 6.07 Å². The van der Waals surface area contributed by atoms with E-state index >= 15 is 0 Å². The molecule has 0 spiro atoms. The summed E-state index contributed by atoms with van der Waals surface area (Å²) in [4.78, 5) is 11.6. The summed E-state index contributed by atoms with van der Waals surface area (Å²) < 4.78 is 5.04. The molecule has 3 heteroatoms. The third kappa shape index (κ3) is 3.54. The molecule has 0 saturated heterocycles. The molecule has 1 aliphatic carbocycles. The number of nitriles is 1. The van der Waals surface area contributed by atoms with E-state index in [1.165, 1.54) is 6.42 Å². The highest BCUT2D eigenvalue weighted by atomic mass is 16.5. The standard InChI is InChI=1S/C12H19NO2/c1-2-8-15-12(14)11(9-13)10-6-4-3-5-7-10/h10-11H,2-8H2,1H3. The van der Waals surface area contributed by atoms with Crippen molar-refractivity contribution < 1.29 is 9.53 Å². The number of carbonyl (C=O) groups is 1. The highest BCUT2D eigenvalue weighted by Crippen LogP contribution is 2.30. The fourth-order valence-corrected chi connectivity index (χ4v) is 2.11. The molecule has 0 aliphatic heterocycles. The van der Waals surface area contributed by atoms with Crippen LogP contribution in [-0.4, -0.2) is 12.6 Å². The molecule has 1 fully saturated rings. The van der Waals surface area contributed by atoms with Crippen LogP contribution in [-0.2, 0) is 9.53 Å². The lowest BCUT2D eigenvalue weighted by atomic mass is 9.80. The van der Waals surface area contributed by atoms with E-state index in [0.29, 0.717) is 6.61 Å². The van der Waals surface area contributed by atoms with Crippen molar-refractivity contribution in [2.45, 2.75) is 45.4 Å². The van der Waals surface area contributed by atoms with Gasteiger partial charge in [0, 0.05) is 0 Å². The zero-order valence-electron chi connectivity index (χ0n) is 9.37. The Morgan fingerprint density at radius 1 is 1.47 bits per heavy atom. The third-order valence-electron chi connectivity index (χ3n) is 2.96. The molecule has 15 heavy (non-hydrogen) atoms. The number of esters is 1. The van der Waals surface area contributed by atoms with Crippen molar-refractivity contribution in [3.8, 4) is 6.07 Å². The van der Waals surface area contributed by atoms with E-state index in [1.54, 1.807) is 0 Å². The molecule has 1 rings (SSSR count). The molecule has 0 N–H and O–H groups in total. The molecule has 0 aromatic rings. The number of ether oxygens (including phenoxy) is 1. The van der Waals surface area contributed by atoms with Crippen LogP contribution in [0.4, 0.5) is 0 Å². The van der Waals surface area contributed by atoms with Crippen molar-refractivity contribution in [2.24, 2.45) is 11.8 Å². The minimum atomic E-state index is -0.531. The van der Waals surface area contributed by atoms with Gasteiger partial charge in [-0.2, -0.15) is 5.26 Å². The number of rotatable bonds is 4. The van der Waals surface area contributed by atoms with Crippen molar-refractivity contribution in [3.05, 3.63) is 0 Å². The topological polar surface area (TPSA) is 50.1 Å². The first-order chi connectivity index (χ1) is 7.29. The Morgan fingerprint density at radius 2 is 2.13 bits per heavy atom. The van der Waals surface area contributed by atoms with E-state index in [-0.39, 0.29) is 11.9 Å².